The van der Waals surface area contributed by atoms with Crippen LogP contribution in [0.2, 0.25) is 0 Å². The Balaban J connectivity index is 1.96. The van der Waals surface area contributed by atoms with Crippen LogP contribution in [0.5, 0.6) is 0 Å². The molecule has 1 aliphatic heterocycles. The lowest BCUT2D eigenvalue weighted by Gasteiger charge is -2.36. The number of hydrogen-bond donors (Lipinski definition) is 3. The number of nitrogens with zero attached hydrogens (tertiary/aromatic N) is 1. The van der Waals surface area contributed by atoms with E-state index in [4.69, 9.17) is 15.6 Å². The van der Waals surface area contributed by atoms with Gasteiger partial charge < -0.3 is 20.9 Å². The Kier molecular flexibility index (Phi) is 5.17. The van der Waals surface area contributed by atoms with E-state index >= 15 is 0 Å². The fraction of sp³-hybridized carbons (Fsp3) is 0.533. The fourth-order valence-electron chi connectivity index (χ4n) is 2.37. The molecule has 0 spiro atoms. The van der Waals surface area contributed by atoms with Gasteiger partial charge in [-0.2, -0.15) is 0 Å². The first kappa shape index (κ1) is 15.8. The largest absolute Gasteiger partial charge is 0.398 e. The molecule has 116 valence electrons. The topological polar surface area (TPSA) is 87.8 Å². The summed E-state index contributed by atoms with van der Waals surface area (Å²) in [6.07, 6.45) is -0.219. The number of rotatable bonds is 4. The highest BCUT2D eigenvalue weighted by Crippen LogP contribution is 2.20. The summed E-state index contributed by atoms with van der Waals surface area (Å²) in [5.74, 6) is -0.0888. The van der Waals surface area contributed by atoms with Gasteiger partial charge in [-0.3, -0.25) is 9.69 Å². The van der Waals surface area contributed by atoms with Gasteiger partial charge >= 0.3 is 0 Å². The Bertz CT molecular complexity index is 507. The first-order valence-electron chi connectivity index (χ1n) is 7.12. The van der Waals surface area contributed by atoms with Crippen LogP contribution in [-0.2, 0) is 9.53 Å². The van der Waals surface area contributed by atoms with Crippen molar-refractivity contribution in [2.75, 3.05) is 37.4 Å². The lowest BCUT2D eigenvalue weighted by Crippen LogP contribution is -2.51. The summed E-state index contributed by atoms with van der Waals surface area (Å²) in [6, 6.07) is 5.61. The second-order valence-electron chi connectivity index (χ2n) is 5.48. The maximum absolute atomic E-state index is 12.2. The van der Waals surface area contributed by atoms with Crippen LogP contribution in [-0.4, -0.2) is 54.4 Å². The van der Waals surface area contributed by atoms with E-state index in [0.29, 0.717) is 18.8 Å². The van der Waals surface area contributed by atoms with Gasteiger partial charge in [-0.15, -0.1) is 0 Å². The van der Waals surface area contributed by atoms with Crippen molar-refractivity contribution in [2.24, 2.45) is 0 Å². The van der Waals surface area contributed by atoms with E-state index in [9.17, 15) is 4.79 Å². The number of ether oxygens (including phenoxy) is 1. The highest BCUT2D eigenvalue weighted by atomic mass is 16.5. The Hall–Kier alpha value is -1.63. The van der Waals surface area contributed by atoms with E-state index in [1.807, 2.05) is 30.9 Å². The zero-order valence-corrected chi connectivity index (χ0v) is 12.5. The van der Waals surface area contributed by atoms with Crippen molar-refractivity contribution in [2.45, 2.75) is 26.0 Å². The van der Waals surface area contributed by atoms with Crippen molar-refractivity contribution in [1.82, 2.24) is 4.90 Å². The van der Waals surface area contributed by atoms with Gasteiger partial charge in [-0.05, 0) is 31.5 Å². The van der Waals surface area contributed by atoms with Crippen molar-refractivity contribution in [1.29, 1.82) is 0 Å². The molecule has 0 saturated carbocycles. The number of nitrogens with two attached hydrogens (primary N) is 1. The van der Waals surface area contributed by atoms with Crippen molar-refractivity contribution >= 4 is 17.3 Å². The third-order valence-electron chi connectivity index (χ3n) is 3.83. The third kappa shape index (κ3) is 3.93. The molecule has 1 amide bonds. The predicted octanol–water partition coefficient (Wildman–Crippen LogP) is 0.597. The Morgan fingerprint density at radius 2 is 2.33 bits per heavy atom. The minimum atomic E-state index is -0.219. The monoisotopic (exact) mass is 293 g/mol. The molecule has 1 aromatic carbocycles. The van der Waals surface area contributed by atoms with E-state index in [1.54, 1.807) is 6.07 Å². The Labute approximate surface area is 124 Å². The molecule has 2 atom stereocenters. The molecule has 1 saturated heterocycles. The molecule has 0 radical (unpaired) electrons. The zero-order valence-electron chi connectivity index (χ0n) is 12.5. The van der Waals surface area contributed by atoms with Crippen molar-refractivity contribution < 1.29 is 14.6 Å². The number of anilines is 2. The molecule has 1 aliphatic rings. The molecule has 6 nitrogen and oxygen atoms in total. The molecule has 0 aromatic heterocycles. The molecule has 0 aliphatic carbocycles. The van der Waals surface area contributed by atoms with Gasteiger partial charge in [0.2, 0.25) is 5.91 Å². The lowest BCUT2D eigenvalue weighted by molar-refractivity contribution is -0.122. The molecule has 4 N–H and O–H groups in total. The second-order valence-corrected chi connectivity index (χ2v) is 5.48. The summed E-state index contributed by atoms with van der Waals surface area (Å²) in [6.45, 7) is 5.21. The SMILES string of the molecule is Cc1c(N)cccc1NC(=O)CN1CC(CO)OCC1C. The third-order valence-corrected chi connectivity index (χ3v) is 3.83. The quantitative estimate of drug-likeness (QED) is 0.708. The minimum absolute atomic E-state index is 0.0286. The summed E-state index contributed by atoms with van der Waals surface area (Å²) < 4.78 is 5.46. The Morgan fingerprint density at radius 1 is 1.57 bits per heavy atom. The highest BCUT2D eigenvalue weighted by Gasteiger charge is 2.27. The minimum Gasteiger partial charge on any atom is -0.398 e. The van der Waals surface area contributed by atoms with E-state index < -0.39 is 0 Å². The maximum Gasteiger partial charge on any atom is 0.238 e. The van der Waals surface area contributed by atoms with Crippen LogP contribution in [0.25, 0.3) is 0 Å². The van der Waals surface area contributed by atoms with Crippen molar-refractivity contribution in [3.63, 3.8) is 0 Å². The average molecular weight is 293 g/mol. The number of carbonyl (C=O) groups is 1. The predicted molar refractivity (Wildman–Crippen MR) is 82.1 cm³/mol. The Morgan fingerprint density at radius 3 is 3.05 bits per heavy atom. The zero-order chi connectivity index (χ0) is 15.4. The maximum atomic E-state index is 12.2. The summed E-state index contributed by atoms with van der Waals surface area (Å²) in [5.41, 5.74) is 8.10. The number of hydrogen-bond acceptors (Lipinski definition) is 5. The van der Waals surface area contributed by atoms with E-state index in [1.165, 1.54) is 0 Å². The highest BCUT2D eigenvalue weighted by molar-refractivity contribution is 5.93. The lowest BCUT2D eigenvalue weighted by atomic mass is 10.1. The smallest absolute Gasteiger partial charge is 0.238 e. The summed E-state index contributed by atoms with van der Waals surface area (Å²) in [5, 5.41) is 12.1. The van der Waals surface area contributed by atoms with Crippen LogP contribution in [0, 0.1) is 6.92 Å². The second kappa shape index (κ2) is 6.89. The molecule has 2 rings (SSSR count). The number of aliphatic hydroxyl groups is 1. The number of aliphatic hydroxyl groups excluding tert-OH is 1. The van der Waals surface area contributed by atoms with Crippen LogP contribution >= 0.6 is 0 Å². The van der Waals surface area contributed by atoms with Gasteiger partial charge in [0, 0.05) is 24.0 Å². The summed E-state index contributed by atoms with van der Waals surface area (Å²) >= 11 is 0. The average Bonchev–Trinajstić information content (AvgIpc) is 2.46. The van der Waals surface area contributed by atoms with Crippen LogP contribution in [0.3, 0.4) is 0 Å². The molecule has 0 bridgehead atoms. The van der Waals surface area contributed by atoms with E-state index in [0.717, 1.165) is 11.3 Å². The molecule has 21 heavy (non-hydrogen) atoms. The molecular weight excluding hydrogens is 270 g/mol. The molecule has 1 aromatic rings. The first-order valence-corrected chi connectivity index (χ1v) is 7.12. The standard InChI is InChI=1S/C15H23N3O3/c1-10-9-21-12(8-19)6-18(10)7-15(20)17-14-5-3-4-13(16)11(14)2/h3-5,10,12,19H,6-9,16H2,1-2H3,(H,17,20). The van der Waals surface area contributed by atoms with Crippen molar-refractivity contribution in [3.05, 3.63) is 23.8 Å². The number of benzene rings is 1. The summed E-state index contributed by atoms with van der Waals surface area (Å²) in [7, 11) is 0. The number of carbonyl (C=O) groups excluding carboxylic acids is 1. The number of nitrogen functional groups attached to an aromatic ring is 1. The first-order chi connectivity index (χ1) is 10.0. The van der Waals surface area contributed by atoms with E-state index in [-0.39, 0.29) is 31.2 Å². The normalized spacial score (nSPS) is 23.0. The number of morpholine rings is 1. The fourth-order valence-corrected chi connectivity index (χ4v) is 2.37. The molecule has 6 heteroatoms. The van der Waals surface area contributed by atoms with Crippen LogP contribution in [0.1, 0.15) is 12.5 Å². The molecule has 1 fully saturated rings. The van der Waals surface area contributed by atoms with Crippen LogP contribution in [0.15, 0.2) is 18.2 Å². The number of nitrogens with one attached hydrogen (secondary N) is 1. The van der Waals surface area contributed by atoms with Crippen LogP contribution in [0.4, 0.5) is 11.4 Å². The van der Waals surface area contributed by atoms with Gasteiger partial charge in [0.1, 0.15) is 0 Å². The molecular formula is C15H23N3O3. The van der Waals surface area contributed by atoms with Crippen molar-refractivity contribution in [3.8, 4) is 0 Å². The van der Waals surface area contributed by atoms with E-state index in [2.05, 4.69) is 5.32 Å². The number of amides is 1. The van der Waals surface area contributed by atoms with Gasteiger partial charge in [-0.1, -0.05) is 6.07 Å². The van der Waals surface area contributed by atoms with Gasteiger partial charge in [0.15, 0.2) is 0 Å². The van der Waals surface area contributed by atoms with Gasteiger partial charge in [-0.25, -0.2) is 0 Å². The van der Waals surface area contributed by atoms with Gasteiger partial charge in [0.25, 0.3) is 0 Å². The summed E-state index contributed by atoms with van der Waals surface area (Å²) in [4.78, 5) is 14.2. The molecule has 1 heterocycles. The molecule has 2 unspecified atom stereocenters. The van der Waals surface area contributed by atoms with Crippen LogP contribution < -0.4 is 11.1 Å². The van der Waals surface area contributed by atoms with Gasteiger partial charge in [0.05, 0.1) is 25.9 Å².